The normalized spacial score (nSPS) is 24.2. The van der Waals surface area contributed by atoms with Crippen molar-refractivity contribution in [2.45, 2.75) is 45.6 Å². The fraction of sp³-hybridized carbons (Fsp3) is 0.600. The summed E-state index contributed by atoms with van der Waals surface area (Å²) in [6, 6.07) is 7.31. The Labute approximate surface area is 113 Å². The number of fused-ring (bicyclic) bond motifs is 1. The first-order chi connectivity index (χ1) is 8.20. The van der Waals surface area contributed by atoms with Crippen molar-refractivity contribution in [1.82, 2.24) is 5.32 Å². The lowest BCUT2D eigenvalue weighted by molar-refractivity contribution is 0.409. The van der Waals surface area contributed by atoms with E-state index in [4.69, 9.17) is 0 Å². The number of nitrogens with one attached hydrogen (secondary N) is 1. The molecule has 1 aliphatic rings. The summed E-state index contributed by atoms with van der Waals surface area (Å²) in [6.07, 6.45) is 5.02. The molecule has 2 unspecified atom stereocenters. The van der Waals surface area contributed by atoms with Gasteiger partial charge >= 0.3 is 0 Å². The predicted molar refractivity (Wildman–Crippen MR) is 77.3 cm³/mol. The smallest absolute Gasteiger partial charge is 0.0325 e. The predicted octanol–water partition coefficient (Wildman–Crippen LogP) is 4.46. The lowest BCUT2D eigenvalue weighted by atomic mass is 9.97. The van der Waals surface area contributed by atoms with Crippen LogP contribution in [0.15, 0.2) is 22.7 Å². The van der Waals surface area contributed by atoms with E-state index in [2.05, 4.69) is 53.3 Å². The molecule has 1 aliphatic carbocycles. The van der Waals surface area contributed by atoms with Gasteiger partial charge in [0.25, 0.3) is 0 Å². The molecule has 0 saturated heterocycles. The Morgan fingerprint density at radius 1 is 1.41 bits per heavy atom. The van der Waals surface area contributed by atoms with E-state index >= 15 is 0 Å². The number of halogens is 1. The monoisotopic (exact) mass is 295 g/mol. The molecular formula is C15H22BrN. The Bertz CT molecular complexity index is 375. The summed E-state index contributed by atoms with van der Waals surface area (Å²) in [6.45, 7) is 5.72. The summed E-state index contributed by atoms with van der Waals surface area (Å²) in [5, 5.41) is 3.70. The standard InChI is InChI=1S/C15H22BrN/c1-3-8-17-15-9-11(2)4-5-12-6-7-13(16)10-14(12)15/h6-7,10-11,15,17H,3-5,8-9H2,1-2H3. The van der Waals surface area contributed by atoms with Crippen LogP contribution in [0.5, 0.6) is 0 Å². The average Bonchev–Trinajstić information content (AvgIpc) is 2.47. The van der Waals surface area contributed by atoms with Crippen LogP contribution >= 0.6 is 15.9 Å². The molecule has 17 heavy (non-hydrogen) atoms. The molecule has 2 atom stereocenters. The molecule has 1 nitrogen and oxygen atoms in total. The molecular weight excluding hydrogens is 274 g/mol. The third-order valence-corrected chi connectivity index (χ3v) is 4.16. The van der Waals surface area contributed by atoms with Crippen molar-refractivity contribution in [3.63, 3.8) is 0 Å². The van der Waals surface area contributed by atoms with Crippen LogP contribution in [0.3, 0.4) is 0 Å². The molecule has 0 aromatic heterocycles. The Kier molecular flexibility index (Phi) is 4.63. The molecule has 1 aromatic rings. The van der Waals surface area contributed by atoms with Crippen LogP contribution in [-0.2, 0) is 6.42 Å². The molecule has 1 N–H and O–H groups in total. The molecule has 2 heteroatoms. The van der Waals surface area contributed by atoms with Crippen molar-refractivity contribution < 1.29 is 0 Å². The van der Waals surface area contributed by atoms with Gasteiger partial charge in [0.1, 0.15) is 0 Å². The summed E-state index contributed by atoms with van der Waals surface area (Å²) in [5.41, 5.74) is 3.04. The Morgan fingerprint density at radius 2 is 2.24 bits per heavy atom. The maximum absolute atomic E-state index is 3.70. The van der Waals surface area contributed by atoms with E-state index in [0.717, 1.165) is 12.5 Å². The van der Waals surface area contributed by atoms with Crippen LogP contribution in [0, 0.1) is 5.92 Å². The molecule has 0 bridgehead atoms. The van der Waals surface area contributed by atoms with E-state index in [0.29, 0.717) is 6.04 Å². The van der Waals surface area contributed by atoms with E-state index in [9.17, 15) is 0 Å². The van der Waals surface area contributed by atoms with E-state index in [-0.39, 0.29) is 0 Å². The molecule has 0 amide bonds. The SMILES string of the molecule is CCCNC1CC(C)CCc2ccc(Br)cc21. The number of hydrogen-bond acceptors (Lipinski definition) is 1. The van der Waals surface area contributed by atoms with E-state index in [1.165, 1.54) is 41.3 Å². The maximum atomic E-state index is 3.70. The number of hydrogen-bond donors (Lipinski definition) is 1. The Balaban J connectivity index is 2.27. The first-order valence-corrected chi connectivity index (χ1v) is 7.51. The quantitative estimate of drug-likeness (QED) is 0.812. The third kappa shape index (κ3) is 3.32. The average molecular weight is 296 g/mol. The molecule has 0 spiro atoms. The highest BCUT2D eigenvalue weighted by Gasteiger charge is 2.21. The van der Waals surface area contributed by atoms with Gasteiger partial charge in [0.15, 0.2) is 0 Å². The van der Waals surface area contributed by atoms with Crippen LogP contribution in [-0.4, -0.2) is 6.54 Å². The van der Waals surface area contributed by atoms with Crippen LogP contribution in [0.25, 0.3) is 0 Å². The van der Waals surface area contributed by atoms with Crippen molar-refractivity contribution in [2.75, 3.05) is 6.54 Å². The fourth-order valence-electron chi connectivity index (χ4n) is 2.68. The lowest BCUT2D eigenvalue weighted by Crippen LogP contribution is -2.23. The van der Waals surface area contributed by atoms with Gasteiger partial charge in [-0.1, -0.05) is 35.8 Å². The second-order valence-corrected chi connectivity index (χ2v) is 6.15. The molecule has 0 fully saturated rings. The Hall–Kier alpha value is -0.340. The van der Waals surface area contributed by atoms with Gasteiger partial charge in [0.2, 0.25) is 0 Å². The molecule has 2 rings (SSSR count). The van der Waals surface area contributed by atoms with Gasteiger partial charge in [-0.3, -0.25) is 0 Å². The van der Waals surface area contributed by atoms with E-state index < -0.39 is 0 Å². The number of aryl methyl sites for hydroxylation is 1. The van der Waals surface area contributed by atoms with Crippen molar-refractivity contribution in [1.29, 1.82) is 0 Å². The van der Waals surface area contributed by atoms with Crippen molar-refractivity contribution in [3.8, 4) is 0 Å². The van der Waals surface area contributed by atoms with Crippen LogP contribution in [0.1, 0.15) is 50.3 Å². The summed E-state index contributed by atoms with van der Waals surface area (Å²) in [7, 11) is 0. The van der Waals surface area contributed by atoms with Gasteiger partial charge in [-0.25, -0.2) is 0 Å². The van der Waals surface area contributed by atoms with Crippen molar-refractivity contribution in [3.05, 3.63) is 33.8 Å². The molecule has 0 radical (unpaired) electrons. The van der Waals surface area contributed by atoms with Crippen LogP contribution < -0.4 is 5.32 Å². The Morgan fingerprint density at radius 3 is 3.00 bits per heavy atom. The summed E-state index contributed by atoms with van der Waals surface area (Å²) in [5.74, 6) is 0.815. The molecule has 0 aliphatic heterocycles. The largest absolute Gasteiger partial charge is 0.310 e. The van der Waals surface area contributed by atoms with Gasteiger partial charge in [-0.05, 0) is 61.4 Å². The van der Waals surface area contributed by atoms with Crippen LogP contribution in [0.2, 0.25) is 0 Å². The topological polar surface area (TPSA) is 12.0 Å². The second kappa shape index (κ2) is 6.01. The fourth-order valence-corrected chi connectivity index (χ4v) is 3.06. The lowest BCUT2D eigenvalue weighted by Gasteiger charge is -2.21. The maximum Gasteiger partial charge on any atom is 0.0325 e. The zero-order chi connectivity index (χ0) is 12.3. The highest BCUT2D eigenvalue weighted by Crippen LogP contribution is 2.33. The van der Waals surface area contributed by atoms with Gasteiger partial charge in [-0.15, -0.1) is 0 Å². The minimum atomic E-state index is 0.542. The molecule has 0 saturated carbocycles. The van der Waals surface area contributed by atoms with Crippen molar-refractivity contribution >= 4 is 15.9 Å². The minimum absolute atomic E-state index is 0.542. The zero-order valence-electron chi connectivity index (χ0n) is 10.8. The highest BCUT2D eigenvalue weighted by atomic mass is 79.9. The number of benzene rings is 1. The van der Waals surface area contributed by atoms with Gasteiger partial charge in [-0.2, -0.15) is 0 Å². The zero-order valence-corrected chi connectivity index (χ0v) is 12.4. The van der Waals surface area contributed by atoms with Crippen LogP contribution in [0.4, 0.5) is 0 Å². The first kappa shape index (κ1) is 13.1. The van der Waals surface area contributed by atoms with Gasteiger partial charge < -0.3 is 5.32 Å². The highest BCUT2D eigenvalue weighted by molar-refractivity contribution is 9.10. The van der Waals surface area contributed by atoms with E-state index in [1.807, 2.05) is 0 Å². The summed E-state index contributed by atoms with van der Waals surface area (Å²) >= 11 is 3.60. The second-order valence-electron chi connectivity index (χ2n) is 5.23. The summed E-state index contributed by atoms with van der Waals surface area (Å²) < 4.78 is 1.20. The molecule has 0 heterocycles. The third-order valence-electron chi connectivity index (χ3n) is 3.67. The molecule has 1 aromatic carbocycles. The first-order valence-electron chi connectivity index (χ1n) is 6.72. The van der Waals surface area contributed by atoms with Gasteiger partial charge in [0, 0.05) is 10.5 Å². The number of rotatable bonds is 3. The van der Waals surface area contributed by atoms with Gasteiger partial charge in [0.05, 0.1) is 0 Å². The molecule has 94 valence electrons. The van der Waals surface area contributed by atoms with E-state index in [1.54, 1.807) is 0 Å². The minimum Gasteiger partial charge on any atom is -0.310 e. The summed E-state index contributed by atoms with van der Waals surface area (Å²) in [4.78, 5) is 0. The van der Waals surface area contributed by atoms with Crippen molar-refractivity contribution in [2.24, 2.45) is 5.92 Å².